The topological polar surface area (TPSA) is 73.6 Å². The molecule has 1 fully saturated rings. The molecule has 0 aromatic heterocycles. The molecule has 27 heavy (non-hydrogen) atoms. The van der Waals surface area contributed by atoms with Gasteiger partial charge < -0.3 is 20.5 Å². The number of rotatable bonds is 8. The number of carbonyl (C=O) groups excluding carboxylic acids is 1. The van der Waals surface area contributed by atoms with Crippen molar-refractivity contribution in [2.24, 2.45) is 11.7 Å². The summed E-state index contributed by atoms with van der Waals surface area (Å²) in [6.07, 6.45) is 2.31. The van der Waals surface area contributed by atoms with Gasteiger partial charge in [-0.25, -0.2) is 0 Å². The molecule has 2 aromatic rings. The summed E-state index contributed by atoms with van der Waals surface area (Å²) < 4.78 is 11.2. The second-order valence-corrected chi connectivity index (χ2v) is 6.86. The normalized spacial score (nSPS) is 14.0. The van der Waals surface area contributed by atoms with E-state index in [-0.39, 0.29) is 24.4 Å². The number of hydrogen-bond donors (Lipinski definition) is 2. The zero-order chi connectivity index (χ0) is 18.5. The Morgan fingerprint density at radius 1 is 1.26 bits per heavy atom. The minimum Gasteiger partial charge on any atom is -0.493 e. The van der Waals surface area contributed by atoms with Crippen LogP contribution in [0.4, 0.5) is 0 Å². The third-order valence-electron chi connectivity index (χ3n) is 4.49. The smallest absolute Gasteiger partial charge is 0.251 e. The zero-order valence-corrected chi connectivity index (χ0v) is 16.7. The molecule has 0 spiro atoms. The van der Waals surface area contributed by atoms with Crippen LogP contribution in [0.3, 0.4) is 0 Å². The van der Waals surface area contributed by atoms with E-state index in [4.69, 9.17) is 26.8 Å². The van der Waals surface area contributed by atoms with E-state index in [9.17, 15) is 4.79 Å². The third kappa shape index (κ3) is 5.76. The molecule has 3 rings (SSSR count). The second kappa shape index (κ2) is 9.83. The quantitative estimate of drug-likeness (QED) is 0.693. The summed E-state index contributed by atoms with van der Waals surface area (Å²) in [7, 11) is 1.54. The molecule has 2 aromatic carbocycles. The van der Waals surface area contributed by atoms with E-state index in [1.807, 2.05) is 24.3 Å². The first-order chi connectivity index (χ1) is 12.6. The lowest BCUT2D eigenvalue weighted by molar-refractivity contribution is 0.0950. The van der Waals surface area contributed by atoms with Gasteiger partial charge in [0.05, 0.1) is 7.11 Å². The van der Waals surface area contributed by atoms with E-state index in [1.54, 1.807) is 25.3 Å². The Balaban J connectivity index is 0.00000261. The maximum atomic E-state index is 12.3. The van der Waals surface area contributed by atoms with Gasteiger partial charge in [-0.1, -0.05) is 29.8 Å². The SMILES string of the molecule is COc1cc(C(=O)NCC(N)C2CC2)ccc1OCc1ccccc1Cl.Cl. The molecule has 0 aliphatic heterocycles. The van der Waals surface area contributed by atoms with Gasteiger partial charge in [0, 0.05) is 28.7 Å². The first-order valence-corrected chi connectivity index (χ1v) is 9.04. The van der Waals surface area contributed by atoms with Gasteiger partial charge >= 0.3 is 0 Å². The molecule has 1 atom stereocenters. The Kier molecular flexibility index (Phi) is 7.78. The average molecular weight is 411 g/mol. The summed E-state index contributed by atoms with van der Waals surface area (Å²) in [4.78, 5) is 12.3. The van der Waals surface area contributed by atoms with Crippen LogP contribution in [0.5, 0.6) is 11.5 Å². The van der Waals surface area contributed by atoms with Gasteiger partial charge in [-0.15, -0.1) is 12.4 Å². The highest BCUT2D eigenvalue weighted by Gasteiger charge is 2.28. The lowest BCUT2D eigenvalue weighted by Crippen LogP contribution is -2.38. The Morgan fingerprint density at radius 2 is 2.00 bits per heavy atom. The molecule has 5 nitrogen and oxygen atoms in total. The largest absolute Gasteiger partial charge is 0.493 e. The van der Waals surface area contributed by atoms with Crippen molar-refractivity contribution in [3.63, 3.8) is 0 Å². The van der Waals surface area contributed by atoms with Crippen LogP contribution in [-0.4, -0.2) is 25.6 Å². The third-order valence-corrected chi connectivity index (χ3v) is 4.86. The highest BCUT2D eigenvalue weighted by atomic mass is 35.5. The van der Waals surface area contributed by atoms with Crippen LogP contribution >= 0.6 is 24.0 Å². The maximum absolute atomic E-state index is 12.3. The molecular formula is C20H24Cl2N2O3. The van der Waals surface area contributed by atoms with Crippen LogP contribution < -0.4 is 20.5 Å². The average Bonchev–Trinajstić information content (AvgIpc) is 3.50. The van der Waals surface area contributed by atoms with Gasteiger partial charge in [0.15, 0.2) is 11.5 Å². The van der Waals surface area contributed by atoms with Crippen molar-refractivity contribution in [2.45, 2.75) is 25.5 Å². The fraction of sp³-hybridized carbons (Fsp3) is 0.350. The molecular weight excluding hydrogens is 387 g/mol. The molecule has 3 N–H and O–H groups in total. The molecule has 0 bridgehead atoms. The first kappa shape index (κ1) is 21.4. The number of nitrogens with one attached hydrogen (secondary N) is 1. The van der Waals surface area contributed by atoms with Gasteiger partial charge in [0.1, 0.15) is 6.61 Å². The minimum atomic E-state index is -0.169. The molecule has 146 valence electrons. The lowest BCUT2D eigenvalue weighted by Gasteiger charge is -2.14. The van der Waals surface area contributed by atoms with Crippen LogP contribution in [0.15, 0.2) is 42.5 Å². The Labute approximate surface area is 170 Å². The van der Waals surface area contributed by atoms with Crippen LogP contribution in [-0.2, 0) is 6.61 Å². The summed E-state index contributed by atoms with van der Waals surface area (Å²) in [5.41, 5.74) is 7.41. The van der Waals surface area contributed by atoms with Gasteiger partial charge in [-0.2, -0.15) is 0 Å². The monoisotopic (exact) mass is 410 g/mol. The molecule has 1 aliphatic carbocycles. The Bertz CT molecular complexity index is 782. The summed E-state index contributed by atoms with van der Waals surface area (Å²) in [5.74, 6) is 1.43. The molecule has 1 amide bonds. The van der Waals surface area contributed by atoms with E-state index in [0.717, 1.165) is 18.4 Å². The summed E-state index contributed by atoms with van der Waals surface area (Å²) >= 11 is 6.14. The van der Waals surface area contributed by atoms with Crippen molar-refractivity contribution in [3.05, 3.63) is 58.6 Å². The van der Waals surface area contributed by atoms with Crippen LogP contribution in [0.2, 0.25) is 5.02 Å². The predicted octanol–water partition coefficient (Wildman–Crippen LogP) is 3.82. The zero-order valence-electron chi connectivity index (χ0n) is 15.1. The van der Waals surface area contributed by atoms with Crippen molar-refractivity contribution in [2.75, 3.05) is 13.7 Å². The number of carbonyl (C=O) groups is 1. The number of methoxy groups -OCH3 is 1. The fourth-order valence-electron chi connectivity index (χ4n) is 2.70. The van der Waals surface area contributed by atoms with E-state index in [0.29, 0.717) is 41.2 Å². The number of halogens is 2. The van der Waals surface area contributed by atoms with Gasteiger partial charge in [0.2, 0.25) is 0 Å². The molecule has 0 saturated heterocycles. The Morgan fingerprint density at radius 3 is 2.67 bits per heavy atom. The van der Waals surface area contributed by atoms with E-state index >= 15 is 0 Å². The van der Waals surface area contributed by atoms with Crippen LogP contribution in [0.25, 0.3) is 0 Å². The molecule has 0 heterocycles. The van der Waals surface area contributed by atoms with Gasteiger partial charge in [-0.3, -0.25) is 4.79 Å². The van der Waals surface area contributed by atoms with Crippen LogP contribution in [0, 0.1) is 5.92 Å². The highest BCUT2D eigenvalue weighted by Crippen LogP contribution is 2.31. The van der Waals surface area contributed by atoms with Crippen molar-refractivity contribution in [1.82, 2.24) is 5.32 Å². The van der Waals surface area contributed by atoms with Crippen LogP contribution in [0.1, 0.15) is 28.8 Å². The van der Waals surface area contributed by atoms with Gasteiger partial charge in [0.25, 0.3) is 5.91 Å². The summed E-state index contributed by atoms with van der Waals surface area (Å²) in [6.45, 7) is 0.800. The number of ether oxygens (including phenoxy) is 2. The predicted molar refractivity (Wildman–Crippen MR) is 109 cm³/mol. The second-order valence-electron chi connectivity index (χ2n) is 6.46. The molecule has 7 heteroatoms. The molecule has 1 unspecified atom stereocenters. The van der Waals surface area contributed by atoms with Crippen molar-refractivity contribution >= 4 is 29.9 Å². The standard InChI is InChI=1S/C20H23ClN2O3.ClH/c1-25-19-10-14(20(24)23-11-17(22)13-6-7-13)8-9-18(19)26-12-15-4-2-3-5-16(15)21;/h2-5,8-10,13,17H,6-7,11-12,22H2,1H3,(H,23,24);1H. The van der Waals surface area contributed by atoms with E-state index in [1.165, 1.54) is 0 Å². The maximum Gasteiger partial charge on any atom is 0.251 e. The highest BCUT2D eigenvalue weighted by molar-refractivity contribution is 6.31. The summed E-state index contributed by atoms with van der Waals surface area (Å²) in [5, 5.41) is 3.53. The van der Waals surface area contributed by atoms with Crippen molar-refractivity contribution < 1.29 is 14.3 Å². The summed E-state index contributed by atoms with van der Waals surface area (Å²) in [6, 6.07) is 12.6. The fourth-order valence-corrected chi connectivity index (χ4v) is 2.89. The number of amides is 1. The number of benzene rings is 2. The number of nitrogens with two attached hydrogens (primary N) is 1. The van der Waals surface area contributed by atoms with Crippen molar-refractivity contribution in [3.8, 4) is 11.5 Å². The van der Waals surface area contributed by atoms with E-state index in [2.05, 4.69) is 5.32 Å². The molecule has 0 radical (unpaired) electrons. The Hall–Kier alpha value is -1.95. The first-order valence-electron chi connectivity index (χ1n) is 8.66. The van der Waals surface area contributed by atoms with E-state index < -0.39 is 0 Å². The van der Waals surface area contributed by atoms with Gasteiger partial charge in [-0.05, 0) is 43.0 Å². The number of hydrogen-bond acceptors (Lipinski definition) is 4. The lowest BCUT2D eigenvalue weighted by atomic mass is 10.1. The van der Waals surface area contributed by atoms with Crippen molar-refractivity contribution in [1.29, 1.82) is 0 Å². The molecule has 1 saturated carbocycles. The minimum absolute atomic E-state index is 0. The molecule has 1 aliphatic rings.